The Kier molecular flexibility index (Phi) is 4.80. The summed E-state index contributed by atoms with van der Waals surface area (Å²) in [5.41, 5.74) is 1.84. The highest BCUT2D eigenvalue weighted by Crippen LogP contribution is 2.21. The minimum Gasteiger partial charge on any atom is -0.494 e. The zero-order valence-electron chi connectivity index (χ0n) is 9.13. The first-order chi connectivity index (χ1) is 8.08. The van der Waals surface area contributed by atoms with E-state index in [-0.39, 0.29) is 24.5 Å². The Labute approximate surface area is 96.5 Å². The van der Waals surface area contributed by atoms with E-state index in [1.807, 2.05) is 5.43 Å². The van der Waals surface area contributed by atoms with Crippen LogP contribution in [-0.2, 0) is 16.1 Å². The van der Waals surface area contributed by atoms with Gasteiger partial charge in [0.15, 0.2) is 11.6 Å². The van der Waals surface area contributed by atoms with E-state index in [4.69, 9.17) is 10.6 Å². The molecule has 0 aliphatic rings. The van der Waals surface area contributed by atoms with Crippen molar-refractivity contribution in [1.82, 2.24) is 5.43 Å². The Balaban J connectivity index is 2.65. The number of amides is 1. The maximum atomic E-state index is 13.4. The number of nitrogens with one attached hydrogen (secondary N) is 1. The molecule has 0 atom stereocenters. The van der Waals surface area contributed by atoms with Crippen LogP contribution in [0.15, 0.2) is 12.1 Å². The summed E-state index contributed by atoms with van der Waals surface area (Å²) in [6.45, 7) is -0.566. The molecule has 1 rings (SSSR count). The van der Waals surface area contributed by atoms with Crippen LogP contribution in [0.2, 0.25) is 0 Å². The quantitative estimate of drug-likeness (QED) is 0.450. The first kappa shape index (κ1) is 13.3. The van der Waals surface area contributed by atoms with E-state index in [0.717, 1.165) is 12.1 Å². The van der Waals surface area contributed by atoms with Crippen LogP contribution < -0.4 is 16.0 Å². The normalized spacial score (nSPS) is 10.1. The average Bonchev–Trinajstić information content (AvgIpc) is 2.32. The Bertz CT molecular complexity index is 413. The van der Waals surface area contributed by atoms with Crippen molar-refractivity contribution >= 4 is 5.91 Å². The van der Waals surface area contributed by atoms with Crippen molar-refractivity contribution in [3.63, 3.8) is 0 Å². The fourth-order valence-corrected chi connectivity index (χ4v) is 1.13. The number of carbonyl (C=O) groups is 1. The summed E-state index contributed by atoms with van der Waals surface area (Å²) in [5, 5.41) is 0. The highest BCUT2D eigenvalue weighted by molar-refractivity contribution is 5.76. The third kappa shape index (κ3) is 3.65. The topological polar surface area (TPSA) is 73.6 Å². The molecule has 0 aliphatic heterocycles. The van der Waals surface area contributed by atoms with Crippen LogP contribution in [0, 0.1) is 11.6 Å². The summed E-state index contributed by atoms with van der Waals surface area (Å²) in [6, 6.07) is 1.87. The summed E-state index contributed by atoms with van der Waals surface area (Å²) in [4.78, 5) is 10.7. The van der Waals surface area contributed by atoms with Gasteiger partial charge in [-0.1, -0.05) is 0 Å². The van der Waals surface area contributed by atoms with Crippen molar-refractivity contribution in [2.45, 2.75) is 6.61 Å². The van der Waals surface area contributed by atoms with Crippen LogP contribution >= 0.6 is 0 Å². The molecule has 5 nitrogen and oxygen atoms in total. The Morgan fingerprint density at radius 3 is 2.71 bits per heavy atom. The summed E-state index contributed by atoms with van der Waals surface area (Å²) in [5.74, 6) is 2.70. The zero-order valence-corrected chi connectivity index (χ0v) is 9.13. The molecule has 1 aromatic carbocycles. The first-order valence-electron chi connectivity index (χ1n) is 4.67. The van der Waals surface area contributed by atoms with E-state index in [9.17, 15) is 13.6 Å². The molecule has 0 spiro atoms. The maximum absolute atomic E-state index is 13.4. The molecular weight excluding hydrogens is 234 g/mol. The number of ether oxygens (including phenoxy) is 2. The Morgan fingerprint density at radius 2 is 2.12 bits per heavy atom. The molecule has 0 radical (unpaired) electrons. The molecule has 1 amide bonds. The van der Waals surface area contributed by atoms with Gasteiger partial charge in [0.2, 0.25) is 0 Å². The molecule has 0 unspecified atom stereocenters. The molecular formula is C10H12F2N2O3. The number of nitrogens with two attached hydrogens (primary N) is 1. The van der Waals surface area contributed by atoms with E-state index in [2.05, 4.69) is 4.74 Å². The third-order valence-corrected chi connectivity index (χ3v) is 1.97. The van der Waals surface area contributed by atoms with Crippen molar-refractivity contribution in [3.8, 4) is 5.75 Å². The van der Waals surface area contributed by atoms with E-state index in [1.54, 1.807) is 0 Å². The minimum atomic E-state index is -0.698. The maximum Gasteiger partial charge on any atom is 0.259 e. The van der Waals surface area contributed by atoms with Gasteiger partial charge in [-0.3, -0.25) is 10.2 Å². The lowest BCUT2D eigenvalue weighted by Gasteiger charge is -2.07. The third-order valence-electron chi connectivity index (χ3n) is 1.97. The lowest BCUT2D eigenvalue weighted by Crippen LogP contribution is -2.33. The lowest BCUT2D eigenvalue weighted by atomic mass is 10.2. The number of rotatable bonds is 5. The predicted octanol–water partition coefficient (Wildman–Crippen LogP) is 0.480. The molecule has 94 valence electrons. The van der Waals surface area contributed by atoms with Gasteiger partial charge in [-0.05, 0) is 6.07 Å². The van der Waals surface area contributed by atoms with Gasteiger partial charge in [0, 0.05) is 11.6 Å². The molecule has 17 heavy (non-hydrogen) atoms. The summed E-state index contributed by atoms with van der Waals surface area (Å²) >= 11 is 0. The number of hydrogen-bond donors (Lipinski definition) is 2. The van der Waals surface area contributed by atoms with E-state index < -0.39 is 17.5 Å². The number of hydrogen-bond acceptors (Lipinski definition) is 4. The van der Waals surface area contributed by atoms with Gasteiger partial charge in [0.25, 0.3) is 5.91 Å². The van der Waals surface area contributed by atoms with Gasteiger partial charge in [-0.25, -0.2) is 14.6 Å². The molecule has 0 heterocycles. The van der Waals surface area contributed by atoms with Crippen LogP contribution in [0.4, 0.5) is 8.78 Å². The lowest BCUT2D eigenvalue weighted by molar-refractivity contribution is -0.126. The first-order valence-corrected chi connectivity index (χ1v) is 4.67. The van der Waals surface area contributed by atoms with Crippen molar-refractivity contribution in [2.24, 2.45) is 5.84 Å². The fraction of sp³-hybridized carbons (Fsp3) is 0.300. The standard InChI is InChI=1S/C10H12F2N2O3/c1-16-9-3-7(11)6(2-8(9)12)4-17-5-10(15)14-13/h2-3H,4-5,13H2,1H3,(H,14,15). The number of benzene rings is 1. The van der Waals surface area contributed by atoms with Crippen molar-refractivity contribution in [3.05, 3.63) is 29.3 Å². The molecule has 0 saturated carbocycles. The van der Waals surface area contributed by atoms with Gasteiger partial charge in [0.05, 0.1) is 13.7 Å². The van der Waals surface area contributed by atoms with Gasteiger partial charge in [0.1, 0.15) is 12.4 Å². The smallest absolute Gasteiger partial charge is 0.259 e. The minimum absolute atomic E-state index is 0.00637. The molecule has 0 fully saturated rings. The zero-order chi connectivity index (χ0) is 12.8. The largest absolute Gasteiger partial charge is 0.494 e. The molecule has 0 saturated heterocycles. The number of methoxy groups -OCH3 is 1. The SMILES string of the molecule is COc1cc(F)c(COCC(=O)NN)cc1F. The highest BCUT2D eigenvalue weighted by Gasteiger charge is 2.10. The van der Waals surface area contributed by atoms with Gasteiger partial charge in [-0.15, -0.1) is 0 Å². The van der Waals surface area contributed by atoms with Crippen molar-refractivity contribution < 1.29 is 23.0 Å². The van der Waals surface area contributed by atoms with Crippen molar-refractivity contribution in [2.75, 3.05) is 13.7 Å². The van der Waals surface area contributed by atoms with Gasteiger partial charge >= 0.3 is 0 Å². The monoisotopic (exact) mass is 246 g/mol. The van der Waals surface area contributed by atoms with Crippen molar-refractivity contribution in [1.29, 1.82) is 0 Å². The molecule has 0 aromatic heterocycles. The second kappa shape index (κ2) is 6.12. The van der Waals surface area contributed by atoms with E-state index in [1.165, 1.54) is 7.11 Å². The van der Waals surface area contributed by atoms with E-state index in [0.29, 0.717) is 0 Å². The second-order valence-electron chi connectivity index (χ2n) is 3.14. The molecule has 1 aromatic rings. The van der Waals surface area contributed by atoms with Gasteiger partial charge < -0.3 is 9.47 Å². The number of carbonyl (C=O) groups excluding carboxylic acids is 1. The Morgan fingerprint density at radius 1 is 1.41 bits per heavy atom. The molecule has 7 heteroatoms. The molecule has 3 N–H and O–H groups in total. The van der Waals surface area contributed by atoms with Crippen LogP contribution in [-0.4, -0.2) is 19.6 Å². The number of hydrazine groups is 1. The fourth-order valence-electron chi connectivity index (χ4n) is 1.13. The average molecular weight is 246 g/mol. The van der Waals surface area contributed by atoms with Crippen LogP contribution in [0.1, 0.15) is 5.56 Å². The molecule has 0 aliphatic carbocycles. The molecule has 0 bridgehead atoms. The van der Waals surface area contributed by atoms with Crippen LogP contribution in [0.5, 0.6) is 5.75 Å². The highest BCUT2D eigenvalue weighted by atomic mass is 19.1. The van der Waals surface area contributed by atoms with E-state index >= 15 is 0 Å². The summed E-state index contributed by atoms with van der Waals surface area (Å²) in [7, 11) is 1.24. The van der Waals surface area contributed by atoms with Crippen LogP contribution in [0.3, 0.4) is 0 Å². The second-order valence-corrected chi connectivity index (χ2v) is 3.14. The number of halogens is 2. The summed E-state index contributed by atoms with van der Waals surface area (Å²) in [6.07, 6.45) is 0. The van der Waals surface area contributed by atoms with Crippen LogP contribution in [0.25, 0.3) is 0 Å². The van der Waals surface area contributed by atoms with Gasteiger partial charge in [-0.2, -0.15) is 0 Å². The summed E-state index contributed by atoms with van der Waals surface area (Å²) < 4.78 is 36.1. The predicted molar refractivity (Wildman–Crippen MR) is 54.9 cm³/mol. The Hall–Kier alpha value is -1.73.